The molecule has 118 valence electrons. The highest BCUT2D eigenvalue weighted by Gasteiger charge is 2.24. The molecule has 2 fully saturated rings. The summed E-state index contributed by atoms with van der Waals surface area (Å²) in [5.41, 5.74) is 1.37. The lowest BCUT2D eigenvalue weighted by molar-refractivity contribution is 0.274. The highest BCUT2D eigenvalue weighted by Crippen LogP contribution is 2.31. The third-order valence-electron chi connectivity index (χ3n) is 4.54. The molecule has 0 bridgehead atoms. The van der Waals surface area contributed by atoms with Gasteiger partial charge in [0, 0.05) is 35.2 Å². The van der Waals surface area contributed by atoms with E-state index in [0.29, 0.717) is 4.75 Å². The van der Waals surface area contributed by atoms with Crippen molar-refractivity contribution in [2.75, 3.05) is 18.8 Å². The van der Waals surface area contributed by atoms with Gasteiger partial charge in [-0.1, -0.05) is 13.8 Å². The van der Waals surface area contributed by atoms with Crippen molar-refractivity contribution >= 4 is 11.8 Å². The fourth-order valence-corrected chi connectivity index (χ4v) is 3.96. The molecule has 1 aliphatic carbocycles. The number of aryl methyl sites for hydroxylation is 1. The van der Waals surface area contributed by atoms with Crippen LogP contribution in [0.25, 0.3) is 0 Å². The van der Waals surface area contributed by atoms with E-state index >= 15 is 0 Å². The number of hydrogen-bond acceptors (Lipinski definition) is 4. The summed E-state index contributed by atoms with van der Waals surface area (Å²) in [7, 11) is 0. The summed E-state index contributed by atoms with van der Waals surface area (Å²) in [6.45, 7) is 11.1. The van der Waals surface area contributed by atoms with E-state index in [1.54, 1.807) is 0 Å². The normalized spacial score (nSPS) is 23.2. The largest absolute Gasteiger partial charge is 0.465 e. The van der Waals surface area contributed by atoms with Gasteiger partial charge in [0.25, 0.3) is 0 Å². The Bertz CT molecular complexity index is 479. The highest BCUT2D eigenvalue weighted by molar-refractivity contribution is 8.00. The van der Waals surface area contributed by atoms with E-state index in [4.69, 9.17) is 4.42 Å². The Labute approximate surface area is 132 Å². The third kappa shape index (κ3) is 4.51. The van der Waals surface area contributed by atoms with Crippen LogP contribution in [0.4, 0.5) is 0 Å². The van der Waals surface area contributed by atoms with Gasteiger partial charge in [-0.25, -0.2) is 0 Å². The van der Waals surface area contributed by atoms with E-state index in [1.807, 2.05) is 0 Å². The summed E-state index contributed by atoms with van der Waals surface area (Å²) in [4.78, 5) is 2.58. The molecule has 0 unspecified atom stereocenters. The number of nitrogens with zero attached hydrogens (tertiary/aromatic N) is 1. The summed E-state index contributed by atoms with van der Waals surface area (Å²) in [6.07, 6.45) is 3.92. The average molecular weight is 308 g/mol. The van der Waals surface area contributed by atoms with Crippen LogP contribution in [-0.4, -0.2) is 34.5 Å². The van der Waals surface area contributed by atoms with Crippen molar-refractivity contribution < 1.29 is 4.42 Å². The molecule has 1 N–H and O–H groups in total. The number of rotatable bonds is 5. The van der Waals surface area contributed by atoms with E-state index in [9.17, 15) is 0 Å². The van der Waals surface area contributed by atoms with Crippen LogP contribution in [0.2, 0.25) is 0 Å². The first-order valence-electron chi connectivity index (χ1n) is 8.20. The van der Waals surface area contributed by atoms with Crippen LogP contribution in [0.5, 0.6) is 0 Å². The third-order valence-corrected chi connectivity index (χ3v) is 5.91. The Morgan fingerprint density at radius 1 is 1.38 bits per heavy atom. The maximum absolute atomic E-state index is 5.91. The maximum Gasteiger partial charge on any atom is 0.118 e. The molecule has 3 rings (SSSR count). The Morgan fingerprint density at radius 2 is 2.19 bits per heavy atom. The molecule has 1 aliphatic heterocycles. The van der Waals surface area contributed by atoms with Crippen LogP contribution in [0, 0.1) is 6.92 Å². The first-order chi connectivity index (χ1) is 10.0. The van der Waals surface area contributed by atoms with Gasteiger partial charge >= 0.3 is 0 Å². The molecule has 1 saturated carbocycles. The number of hydrogen-bond donors (Lipinski definition) is 1. The van der Waals surface area contributed by atoms with Gasteiger partial charge in [0.05, 0.1) is 6.54 Å². The molecule has 1 aromatic rings. The van der Waals surface area contributed by atoms with Crippen molar-refractivity contribution in [2.45, 2.75) is 63.9 Å². The minimum Gasteiger partial charge on any atom is -0.465 e. The summed E-state index contributed by atoms with van der Waals surface area (Å²) in [5.74, 6) is 3.43. The topological polar surface area (TPSA) is 28.4 Å². The Kier molecular flexibility index (Phi) is 4.67. The molecule has 0 amide bonds. The molecule has 21 heavy (non-hydrogen) atoms. The predicted octanol–water partition coefficient (Wildman–Crippen LogP) is 3.56. The van der Waals surface area contributed by atoms with Crippen molar-refractivity contribution in [1.29, 1.82) is 0 Å². The van der Waals surface area contributed by atoms with Crippen LogP contribution in [0.1, 0.15) is 50.2 Å². The lowest BCUT2D eigenvalue weighted by Gasteiger charge is -2.22. The Morgan fingerprint density at radius 3 is 2.95 bits per heavy atom. The molecule has 0 spiro atoms. The minimum absolute atomic E-state index is 0.430. The predicted molar refractivity (Wildman–Crippen MR) is 89.7 cm³/mol. The molecule has 1 aromatic heterocycles. The standard InChI is InChI=1S/C17H28N2OS/c1-13-14(10-16(20-13)11-18-15-4-5-15)12-19-7-6-17(2,3)21-9-8-19/h10,15,18H,4-9,11-12H2,1-3H3. The first kappa shape index (κ1) is 15.4. The van der Waals surface area contributed by atoms with Gasteiger partial charge in [-0.15, -0.1) is 0 Å². The second-order valence-corrected chi connectivity index (χ2v) is 8.89. The van der Waals surface area contributed by atoms with Crippen molar-refractivity contribution in [3.8, 4) is 0 Å². The minimum atomic E-state index is 0.430. The zero-order valence-electron chi connectivity index (χ0n) is 13.6. The average Bonchev–Trinajstić information content (AvgIpc) is 3.20. The van der Waals surface area contributed by atoms with Crippen LogP contribution in [0.3, 0.4) is 0 Å². The van der Waals surface area contributed by atoms with Crippen LogP contribution in [0.15, 0.2) is 10.5 Å². The van der Waals surface area contributed by atoms with Gasteiger partial charge in [-0.05, 0) is 38.8 Å². The van der Waals surface area contributed by atoms with E-state index in [0.717, 1.165) is 30.7 Å². The van der Waals surface area contributed by atoms with Gasteiger partial charge < -0.3 is 9.73 Å². The monoisotopic (exact) mass is 308 g/mol. The van der Waals surface area contributed by atoms with Gasteiger partial charge in [0.1, 0.15) is 11.5 Å². The summed E-state index contributed by atoms with van der Waals surface area (Å²) in [6, 6.07) is 3.00. The number of nitrogens with one attached hydrogen (secondary N) is 1. The van der Waals surface area contributed by atoms with Crippen LogP contribution >= 0.6 is 11.8 Å². The van der Waals surface area contributed by atoms with Crippen molar-refractivity contribution in [3.05, 3.63) is 23.2 Å². The molecule has 0 atom stereocenters. The van der Waals surface area contributed by atoms with Gasteiger partial charge in [-0.3, -0.25) is 4.90 Å². The first-order valence-corrected chi connectivity index (χ1v) is 9.18. The van der Waals surface area contributed by atoms with Gasteiger partial charge in [0.15, 0.2) is 0 Å². The smallest absolute Gasteiger partial charge is 0.118 e. The summed E-state index contributed by atoms with van der Waals surface area (Å²) >= 11 is 2.11. The number of thioether (sulfide) groups is 1. The second kappa shape index (κ2) is 6.35. The highest BCUT2D eigenvalue weighted by atomic mass is 32.2. The lowest BCUT2D eigenvalue weighted by Crippen LogP contribution is -2.26. The van der Waals surface area contributed by atoms with Gasteiger partial charge in [0.2, 0.25) is 0 Å². The molecule has 0 aromatic carbocycles. The second-order valence-electron chi connectivity index (χ2n) is 7.08. The van der Waals surface area contributed by atoms with E-state index in [-0.39, 0.29) is 0 Å². The van der Waals surface area contributed by atoms with E-state index in [2.05, 4.69) is 48.8 Å². The molecule has 2 heterocycles. The quantitative estimate of drug-likeness (QED) is 0.900. The van der Waals surface area contributed by atoms with Crippen molar-refractivity contribution in [1.82, 2.24) is 10.2 Å². The Balaban J connectivity index is 1.56. The van der Waals surface area contributed by atoms with Gasteiger partial charge in [-0.2, -0.15) is 11.8 Å². The van der Waals surface area contributed by atoms with Crippen molar-refractivity contribution in [2.24, 2.45) is 0 Å². The summed E-state index contributed by atoms with van der Waals surface area (Å²) in [5, 5.41) is 3.53. The van der Waals surface area contributed by atoms with Crippen LogP contribution < -0.4 is 5.32 Å². The molecule has 4 heteroatoms. The molecule has 3 nitrogen and oxygen atoms in total. The van der Waals surface area contributed by atoms with E-state index < -0.39 is 0 Å². The molecule has 2 aliphatic rings. The zero-order chi connectivity index (χ0) is 14.9. The molecule has 0 radical (unpaired) electrons. The lowest BCUT2D eigenvalue weighted by atomic mass is 10.1. The summed E-state index contributed by atoms with van der Waals surface area (Å²) < 4.78 is 6.34. The fourth-order valence-electron chi connectivity index (χ4n) is 2.83. The maximum atomic E-state index is 5.91. The Hall–Kier alpha value is -0.450. The molecular weight excluding hydrogens is 280 g/mol. The van der Waals surface area contributed by atoms with Crippen LogP contribution in [-0.2, 0) is 13.1 Å². The molecule has 1 saturated heterocycles. The molecular formula is C17H28N2OS. The fraction of sp³-hybridized carbons (Fsp3) is 0.765. The SMILES string of the molecule is Cc1oc(CNC2CC2)cc1CN1CCSC(C)(C)CC1. The van der Waals surface area contributed by atoms with E-state index in [1.165, 1.54) is 43.7 Å². The van der Waals surface area contributed by atoms with Crippen molar-refractivity contribution in [3.63, 3.8) is 0 Å². The number of furan rings is 1. The zero-order valence-corrected chi connectivity index (χ0v) is 14.4.